The van der Waals surface area contributed by atoms with Crippen molar-refractivity contribution in [2.45, 2.75) is 73.8 Å². The summed E-state index contributed by atoms with van der Waals surface area (Å²) in [5, 5.41) is 27.7. The summed E-state index contributed by atoms with van der Waals surface area (Å²) >= 11 is 0. The maximum atomic E-state index is 8.58. The first-order chi connectivity index (χ1) is 27.3. The molecule has 5 aromatic rings. The fourth-order valence-corrected chi connectivity index (χ4v) is 4.67. The molecule has 1 aliphatic rings. The Balaban J connectivity index is 0.000000686. The number of benzene rings is 4. The van der Waals surface area contributed by atoms with Crippen LogP contribution in [0, 0.1) is 0 Å². The van der Waals surface area contributed by atoms with Crippen LogP contribution in [0.5, 0.6) is 11.5 Å². The van der Waals surface area contributed by atoms with Crippen LogP contribution in [0.15, 0.2) is 116 Å². The van der Waals surface area contributed by atoms with Gasteiger partial charge in [-0.1, -0.05) is 101 Å². The highest BCUT2D eigenvalue weighted by atomic mass is 17.5. The third-order valence-corrected chi connectivity index (χ3v) is 7.64. The summed E-state index contributed by atoms with van der Waals surface area (Å²) < 4.78 is 15.5. The Bertz CT molecular complexity index is 1570. The molecule has 0 N–H and O–H groups in total. The second kappa shape index (κ2) is 34.8. The van der Waals surface area contributed by atoms with E-state index in [0.717, 1.165) is 71.5 Å². The Morgan fingerprint density at radius 3 is 1.38 bits per heavy atom. The van der Waals surface area contributed by atoms with Gasteiger partial charge in [-0.2, -0.15) is 0 Å². The lowest BCUT2D eigenvalue weighted by Gasteiger charge is -2.14. The third-order valence-electron chi connectivity index (χ3n) is 7.64. The number of hydrogen-bond acceptors (Lipinski definition) is 10. The van der Waals surface area contributed by atoms with E-state index in [1.54, 1.807) is 0 Å². The molecule has 0 atom stereocenters. The van der Waals surface area contributed by atoms with Crippen LogP contribution in [-0.2, 0) is 33.4 Å². The first-order valence-electron chi connectivity index (χ1n) is 19.3. The molecule has 12 nitrogen and oxygen atoms in total. The van der Waals surface area contributed by atoms with Crippen LogP contribution in [0.4, 0.5) is 0 Å². The van der Waals surface area contributed by atoms with Gasteiger partial charge in [-0.15, -0.1) is 0 Å². The molecule has 56 heavy (non-hydrogen) atoms. The minimum Gasteiger partial charge on any atom is -0.692 e. The molecule has 4 aromatic carbocycles. The zero-order chi connectivity index (χ0) is 41.8. The maximum absolute atomic E-state index is 8.58. The quantitative estimate of drug-likeness (QED) is 0.0539. The normalized spacial score (nSPS) is 10.8. The monoisotopic (exact) mass is 779 g/mol. The number of hydrogen-bond donors (Lipinski definition) is 0. The van der Waals surface area contributed by atoms with E-state index in [-0.39, 0.29) is 0 Å². The van der Waals surface area contributed by atoms with Gasteiger partial charge < -0.3 is 29.8 Å². The molecule has 0 saturated carbocycles. The van der Waals surface area contributed by atoms with Crippen molar-refractivity contribution in [1.29, 1.82) is 0 Å². The van der Waals surface area contributed by atoms with Crippen LogP contribution in [0.1, 0.15) is 67.2 Å². The Morgan fingerprint density at radius 2 is 1.09 bits per heavy atom. The first kappa shape index (κ1) is 51.3. The molecule has 1 aliphatic heterocycles. The van der Waals surface area contributed by atoms with Crippen molar-refractivity contribution in [2.75, 3.05) is 47.7 Å². The summed E-state index contributed by atoms with van der Waals surface area (Å²) in [6.07, 6.45) is 14.9. The number of unbranched alkanes of at least 4 members (excludes halogenated alkanes) is 2. The summed E-state index contributed by atoms with van der Waals surface area (Å²) in [5.41, 5.74) is 0. The Morgan fingerprint density at radius 1 is 0.643 bits per heavy atom. The van der Waals surface area contributed by atoms with Gasteiger partial charge in [0, 0.05) is 26.0 Å². The average molecular weight is 780 g/mol. The topological polar surface area (TPSA) is 117 Å². The number of nitrogens with zero attached hydrogens (tertiary/aromatic N) is 4. The van der Waals surface area contributed by atoms with Crippen LogP contribution in [0.2, 0.25) is 0 Å². The summed E-state index contributed by atoms with van der Waals surface area (Å²) in [7, 11) is 6.39. The Hall–Kier alpha value is -4.69. The molecule has 0 saturated heterocycles. The predicted octanol–water partition coefficient (Wildman–Crippen LogP) is 7.76. The minimum absolute atomic E-state index is 0.814. The smallest absolute Gasteiger partial charge is 0.243 e. The van der Waals surface area contributed by atoms with E-state index in [4.69, 9.17) is 20.0 Å². The molecule has 0 spiro atoms. The lowest BCUT2D eigenvalue weighted by Crippen LogP contribution is -2.23. The Kier molecular flexibility index (Phi) is 31.9. The number of imidazole rings is 1. The van der Waals surface area contributed by atoms with Gasteiger partial charge in [0.1, 0.15) is 23.9 Å². The van der Waals surface area contributed by atoms with E-state index in [9.17, 15) is 0 Å². The van der Waals surface area contributed by atoms with Crippen molar-refractivity contribution in [3.63, 3.8) is 0 Å². The number of aryl methyl sites for hydroxylation is 2. The van der Waals surface area contributed by atoms with Crippen molar-refractivity contribution >= 4 is 21.5 Å². The molecular formula is C44H67N4O8-. The molecule has 6 rings (SSSR count). The average Bonchev–Trinajstić information content (AvgIpc) is 3.89. The fraction of sp³-hybridized carbons (Fsp3) is 0.432. The summed E-state index contributed by atoms with van der Waals surface area (Å²) in [6, 6.07) is 29.2. The van der Waals surface area contributed by atoms with E-state index < -0.39 is 0 Å². The molecular weight excluding hydrogens is 713 g/mol. The highest BCUT2D eigenvalue weighted by Gasteiger charge is 2.03. The fourth-order valence-electron chi connectivity index (χ4n) is 4.67. The lowest BCUT2D eigenvalue weighted by atomic mass is 10.1. The molecule has 0 bridgehead atoms. The van der Waals surface area contributed by atoms with Crippen LogP contribution < -0.4 is 24.6 Å². The SMILES string of the molecule is CC.CCCCOc1ccc2ccccc2c1.CCCCOc1ccc2ccccc2c1.CCN1C=CN(C)C1.CCn1cc[n+](C)c1.COO[O-].COO[O-]. The number of aromatic nitrogens is 2. The molecule has 2 heterocycles. The van der Waals surface area contributed by atoms with Crippen molar-refractivity contribution in [3.05, 3.63) is 116 Å². The van der Waals surface area contributed by atoms with Crippen molar-refractivity contribution < 1.29 is 44.4 Å². The van der Waals surface area contributed by atoms with E-state index in [1.165, 1.54) is 34.4 Å². The number of ether oxygens (including phenoxy) is 2. The largest absolute Gasteiger partial charge is 0.692 e. The van der Waals surface area contributed by atoms with E-state index in [2.05, 4.69) is 167 Å². The van der Waals surface area contributed by atoms with E-state index in [0.29, 0.717) is 0 Å². The van der Waals surface area contributed by atoms with Crippen LogP contribution >= 0.6 is 0 Å². The molecule has 0 aliphatic carbocycles. The molecule has 0 radical (unpaired) electrons. The van der Waals surface area contributed by atoms with Crippen LogP contribution in [0.3, 0.4) is 0 Å². The van der Waals surface area contributed by atoms with Crippen molar-refractivity contribution in [3.8, 4) is 11.5 Å². The van der Waals surface area contributed by atoms with Gasteiger partial charge in [-0.3, -0.25) is 10.1 Å². The van der Waals surface area contributed by atoms with Crippen LogP contribution in [-0.4, -0.2) is 62.1 Å². The van der Waals surface area contributed by atoms with Gasteiger partial charge in [0.15, 0.2) is 0 Å². The zero-order valence-corrected chi connectivity index (χ0v) is 35.4. The molecule has 0 amide bonds. The van der Waals surface area contributed by atoms with Gasteiger partial charge in [-0.05, 0) is 72.5 Å². The van der Waals surface area contributed by atoms with E-state index >= 15 is 0 Å². The zero-order valence-electron chi connectivity index (χ0n) is 35.4. The third kappa shape index (κ3) is 24.0. The standard InChI is InChI=1S/2C14H16O.C6H12N2.C6H11N2.C2H6.2CH4O3/c2*1-2-3-10-15-14-9-8-12-6-4-5-7-13(12)11-14;2*1-3-8-5-4-7(2)6-8;1-2;2*1-3-4-2/h2*4-9,11H,2-3,10H2,1H3;4-5H,3,6H2,1-2H3;4-6H,3H2,1-2H3;1-2H3;2*2H,1H3/q;;;+1;;;/p-2. The van der Waals surface area contributed by atoms with Gasteiger partial charge in [0.25, 0.3) is 0 Å². The molecule has 12 heteroatoms. The van der Waals surface area contributed by atoms with Crippen molar-refractivity contribution in [1.82, 2.24) is 14.4 Å². The Labute approximate surface area is 335 Å². The van der Waals surface area contributed by atoms with Gasteiger partial charge in [0.2, 0.25) is 6.33 Å². The highest BCUT2D eigenvalue weighted by molar-refractivity contribution is 5.84. The van der Waals surface area contributed by atoms with Gasteiger partial charge in [0.05, 0.1) is 47.7 Å². The second-order valence-electron chi connectivity index (χ2n) is 11.9. The molecule has 0 unspecified atom stereocenters. The lowest BCUT2D eigenvalue weighted by molar-refractivity contribution is -0.796. The van der Waals surface area contributed by atoms with Crippen molar-refractivity contribution in [2.24, 2.45) is 7.05 Å². The molecule has 0 fully saturated rings. The van der Waals surface area contributed by atoms with Gasteiger partial charge >= 0.3 is 0 Å². The van der Waals surface area contributed by atoms with Crippen LogP contribution in [0.25, 0.3) is 21.5 Å². The van der Waals surface area contributed by atoms with Gasteiger partial charge in [-0.25, -0.2) is 18.9 Å². The molecule has 1 aromatic heterocycles. The highest BCUT2D eigenvalue weighted by Crippen LogP contribution is 2.21. The number of rotatable bonds is 12. The minimum atomic E-state index is 0.814. The summed E-state index contributed by atoms with van der Waals surface area (Å²) in [6.45, 7) is 17.5. The maximum Gasteiger partial charge on any atom is 0.243 e. The second-order valence-corrected chi connectivity index (χ2v) is 11.9. The van der Waals surface area contributed by atoms with E-state index in [1.807, 2.05) is 43.8 Å². The predicted molar refractivity (Wildman–Crippen MR) is 222 cm³/mol. The summed E-state index contributed by atoms with van der Waals surface area (Å²) in [5.74, 6) is 1.95. The summed E-state index contributed by atoms with van der Waals surface area (Å²) in [4.78, 5) is 11.4. The number of fused-ring (bicyclic) bond motifs is 2. The molecule has 312 valence electrons. The first-order valence-corrected chi connectivity index (χ1v) is 19.3.